The lowest BCUT2D eigenvalue weighted by Gasteiger charge is -2.23. The van der Waals surface area contributed by atoms with Crippen molar-refractivity contribution in [3.63, 3.8) is 0 Å². The SMILES string of the molecule is NCCC(=O)NC(c1ccc(C(NC(=O)CCN)P(=O)(O)O)cc1)P(=O)(O)O. The quantitative estimate of drug-likeness (QED) is 0.207. The number of rotatable bonds is 10. The van der Waals surface area contributed by atoms with Gasteiger partial charge in [0.15, 0.2) is 11.6 Å². The summed E-state index contributed by atoms with van der Waals surface area (Å²) in [4.78, 5) is 61.4. The topological polar surface area (TPSA) is 225 Å². The molecule has 2 unspecified atom stereocenters. The van der Waals surface area contributed by atoms with Gasteiger partial charge < -0.3 is 41.7 Å². The zero-order valence-corrected chi connectivity index (χ0v) is 16.6. The van der Waals surface area contributed by atoms with Gasteiger partial charge in [0.2, 0.25) is 11.8 Å². The maximum absolute atomic E-state index is 11.7. The first-order valence-electron chi connectivity index (χ1n) is 8.09. The normalized spacial score (nSPS) is 14.2. The van der Waals surface area contributed by atoms with Crippen LogP contribution in [0.25, 0.3) is 0 Å². The highest BCUT2D eigenvalue weighted by Crippen LogP contribution is 2.52. The number of hydrogen-bond acceptors (Lipinski definition) is 6. The Balaban J connectivity index is 3.16. The van der Waals surface area contributed by atoms with E-state index >= 15 is 0 Å². The monoisotopic (exact) mass is 438 g/mol. The van der Waals surface area contributed by atoms with Crippen LogP contribution in [0.5, 0.6) is 0 Å². The minimum atomic E-state index is -4.79. The minimum Gasteiger partial charge on any atom is -0.338 e. The summed E-state index contributed by atoms with van der Waals surface area (Å²) in [5, 5.41) is 4.37. The van der Waals surface area contributed by atoms with Gasteiger partial charge in [-0.2, -0.15) is 0 Å². The molecule has 0 bridgehead atoms. The van der Waals surface area contributed by atoms with Gasteiger partial charge >= 0.3 is 15.2 Å². The van der Waals surface area contributed by atoms with Gasteiger partial charge in [0.05, 0.1) is 0 Å². The highest BCUT2D eigenvalue weighted by atomic mass is 31.2. The second-order valence-corrected chi connectivity index (χ2v) is 9.25. The molecule has 0 radical (unpaired) electrons. The van der Waals surface area contributed by atoms with Crippen molar-refractivity contribution in [3.8, 4) is 0 Å². The fourth-order valence-electron chi connectivity index (χ4n) is 2.30. The van der Waals surface area contributed by atoms with Crippen LogP contribution in [-0.2, 0) is 18.7 Å². The first-order valence-corrected chi connectivity index (χ1v) is 11.5. The minimum absolute atomic E-state index is 0.00882. The van der Waals surface area contributed by atoms with E-state index in [1.165, 1.54) is 24.3 Å². The van der Waals surface area contributed by atoms with Crippen molar-refractivity contribution in [2.75, 3.05) is 13.1 Å². The third kappa shape index (κ3) is 7.42. The molecule has 0 heterocycles. The molecule has 0 saturated carbocycles. The molecule has 0 spiro atoms. The Morgan fingerprint density at radius 3 is 1.29 bits per heavy atom. The number of carbonyl (C=O) groups is 2. The Labute approximate surface area is 161 Å². The van der Waals surface area contributed by atoms with Gasteiger partial charge in [-0.3, -0.25) is 18.7 Å². The fraction of sp³-hybridized carbons (Fsp3) is 0.429. The van der Waals surface area contributed by atoms with E-state index < -0.39 is 38.6 Å². The van der Waals surface area contributed by atoms with Crippen molar-refractivity contribution in [3.05, 3.63) is 35.4 Å². The molecular weight excluding hydrogens is 414 g/mol. The van der Waals surface area contributed by atoms with E-state index in [4.69, 9.17) is 11.5 Å². The van der Waals surface area contributed by atoms with Gasteiger partial charge in [0.1, 0.15) is 0 Å². The van der Waals surface area contributed by atoms with E-state index in [0.717, 1.165) is 0 Å². The summed E-state index contributed by atoms with van der Waals surface area (Å²) in [5.41, 5.74) is 10.5. The molecule has 1 rings (SSSR count). The van der Waals surface area contributed by atoms with Crippen LogP contribution >= 0.6 is 15.2 Å². The van der Waals surface area contributed by atoms with Gasteiger partial charge in [0, 0.05) is 25.9 Å². The van der Waals surface area contributed by atoms with Crippen molar-refractivity contribution in [1.82, 2.24) is 10.6 Å². The fourth-order valence-corrected chi connectivity index (χ4v) is 4.04. The first kappa shape index (κ1) is 24.4. The lowest BCUT2D eigenvalue weighted by molar-refractivity contribution is -0.122. The smallest absolute Gasteiger partial charge is 0.338 e. The number of nitrogens with one attached hydrogen (secondary N) is 2. The molecule has 0 aliphatic carbocycles. The predicted molar refractivity (Wildman–Crippen MR) is 99.6 cm³/mol. The van der Waals surface area contributed by atoms with E-state index in [2.05, 4.69) is 10.6 Å². The Kier molecular flexibility index (Phi) is 8.93. The number of carbonyl (C=O) groups excluding carboxylic acids is 2. The van der Waals surface area contributed by atoms with Gasteiger partial charge in [0.25, 0.3) is 0 Å². The highest BCUT2D eigenvalue weighted by Gasteiger charge is 2.34. The first-order chi connectivity index (χ1) is 12.9. The van der Waals surface area contributed by atoms with E-state index in [1.807, 2.05) is 0 Å². The third-order valence-electron chi connectivity index (χ3n) is 3.58. The largest absolute Gasteiger partial charge is 0.352 e. The number of nitrogens with two attached hydrogens (primary N) is 2. The Morgan fingerprint density at radius 2 is 1.07 bits per heavy atom. The molecule has 14 heteroatoms. The number of amides is 2. The Bertz CT molecular complexity index is 711. The molecule has 0 aromatic heterocycles. The third-order valence-corrected chi connectivity index (χ3v) is 5.78. The lowest BCUT2D eigenvalue weighted by Crippen LogP contribution is -2.31. The molecular formula is C14H24N4O8P2. The Morgan fingerprint density at radius 1 is 0.786 bits per heavy atom. The summed E-state index contributed by atoms with van der Waals surface area (Å²) in [5.74, 6) is -4.63. The molecule has 10 N–H and O–H groups in total. The highest BCUT2D eigenvalue weighted by molar-refractivity contribution is 7.52. The van der Waals surface area contributed by atoms with Crippen molar-refractivity contribution in [1.29, 1.82) is 0 Å². The molecule has 158 valence electrons. The molecule has 1 aromatic rings. The molecule has 2 amide bonds. The molecule has 0 aliphatic heterocycles. The van der Waals surface area contributed by atoms with E-state index in [-0.39, 0.29) is 37.1 Å². The van der Waals surface area contributed by atoms with Crippen molar-refractivity contribution in [2.45, 2.75) is 24.4 Å². The van der Waals surface area contributed by atoms with Crippen LogP contribution in [0.3, 0.4) is 0 Å². The van der Waals surface area contributed by atoms with Gasteiger partial charge in [-0.15, -0.1) is 0 Å². The predicted octanol–water partition coefficient (Wildman–Crippen LogP) is -1.03. The van der Waals surface area contributed by atoms with Crippen LogP contribution in [0.1, 0.15) is 35.5 Å². The molecule has 0 saturated heterocycles. The van der Waals surface area contributed by atoms with Crippen molar-refractivity contribution < 1.29 is 38.3 Å². The van der Waals surface area contributed by atoms with E-state index in [0.29, 0.717) is 0 Å². The van der Waals surface area contributed by atoms with E-state index in [1.54, 1.807) is 0 Å². The molecule has 28 heavy (non-hydrogen) atoms. The summed E-state index contributed by atoms with van der Waals surface area (Å²) >= 11 is 0. The molecule has 0 aliphatic rings. The maximum Gasteiger partial charge on any atom is 0.352 e. The van der Waals surface area contributed by atoms with Gasteiger partial charge in [-0.1, -0.05) is 24.3 Å². The summed E-state index contributed by atoms with van der Waals surface area (Å²) in [7, 11) is -9.58. The summed E-state index contributed by atoms with van der Waals surface area (Å²) in [6.45, 7) is -0.0176. The molecule has 1 aromatic carbocycles. The van der Waals surface area contributed by atoms with Gasteiger partial charge in [-0.25, -0.2) is 0 Å². The second-order valence-electron chi connectivity index (χ2n) is 5.86. The second kappa shape index (κ2) is 10.2. The summed E-state index contributed by atoms with van der Waals surface area (Å²) in [6.07, 6.45) is -0.274. The van der Waals surface area contributed by atoms with E-state index in [9.17, 15) is 38.3 Å². The van der Waals surface area contributed by atoms with Crippen molar-refractivity contribution >= 4 is 27.0 Å². The average molecular weight is 438 g/mol. The van der Waals surface area contributed by atoms with Crippen LogP contribution in [0.4, 0.5) is 0 Å². The molecule has 12 nitrogen and oxygen atoms in total. The van der Waals surface area contributed by atoms with Crippen molar-refractivity contribution in [2.24, 2.45) is 11.5 Å². The van der Waals surface area contributed by atoms with Crippen LogP contribution in [0.2, 0.25) is 0 Å². The summed E-state index contributed by atoms with van der Waals surface area (Å²) in [6, 6.07) is 4.78. The van der Waals surface area contributed by atoms with Crippen LogP contribution in [0.15, 0.2) is 24.3 Å². The zero-order chi connectivity index (χ0) is 21.5. The molecule has 0 fully saturated rings. The summed E-state index contributed by atoms with van der Waals surface area (Å²) < 4.78 is 23.4. The van der Waals surface area contributed by atoms with Crippen LogP contribution < -0.4 is 22.1 Å². The van der Waals surface area contributed by atoms with Crippen LogP contribution in [-0.4, -0.2) is 44.5 Å². The lowest BCUT2D eigenvalue weighted by atomic mass is 10.1. The zero-order valence-electron chi connectivity index (χ0n) is 14.8. The number of benzene rings is 1. The average Bonchev–Trinajstić information content (AvgIpc) is 2.56. The molecule has 2 atom stereocenters. The number of hydrogen-bond donors (Lipinski definition) is 8. The van der Waals surface area contributed by atoms with Crippen LogP contribution in [0, 0.1) is 0 Å². The Hall–Kier alpha value is -1.62. The standard InChI is InChI=1S/C14H24N4O8P2/c15-7-5-11(19)17-13(27(21,22)23)9-1-2-10(4-3-9)14(28(24,25)26)18-12(20)6-8-16/h1-4,13-14H,5-8,15-16H2,(H,17,19)(H,18,20)(H2,21,22,23)(H2,24,25,26). The maximum atomic E-state index is 11.7. The van der Waals surface area contributed by atoms with Gasteiger partial charge in [-0.05, 0) is 11.1 Å².